The Bertz CT molecular complexity index is 832. The maximum Gasteiger partial charge on any atom is 0.279 e. The summed E-state index contributed by atoms with van der Waals surface area (Å²) in [5.41, 5.74) is 0. The lowest BCUT2D eigenvalue weighted by molar-refractivity contribution is 0.311. The van der Waals surface area contributed by atoms with Gasteiger partial charge in [0.05, 0.1) is 0 Å². The number of nitrogens with zero attached hydrogens (tertiary/aromatic N) is 1. The third kappa shape index (κ3) is 3.01. The van der Waals surface area contributed by atoms with Crippen LogP contribution < -0.4 is 9.46 Å². The molecule has 2 aromatic rings. The van der Waals surface area contributed by atoms with Crippen molar-refractivity contribution in [2.24, 2.45) is 5.92 Å². The molecular weight excluding hydrogens is 324 g/mol. The van der Waals surface area contributed by atoms with Gasteiger partial charge in [0.25, 0.3) is 10.2 Å². The average Bonchev–Trinajstić information content (AvgIpc) is 3.22. The molecule has 2 atom stereocenters. The molecule has 5 nitrogen and oxygen atoms in total. The van der Waals surface area contributed by atoms with Crippen molar-refractivity contribution in [3.05, 3.63) is 42.5 Å². The number of nitrogens with one attached hydrogen (secondary N) is 1. The van der Waals surface area contributed by atoms with Crippen molar-refractivity contribution in [2.45, 2.75) is 25.3 Å². The van der Waals surface area contributed by atoms with Crippen molar-refractivity contribution in [3.63, 3.8) is 0 Å². The van der Waals surface area contributed by atoms with Crippen molar-refractivity contribution < 1.29 is 13.2 Å². The highest BCUT2D eigenvalue weighted by Crippen LogP contribution is 2.38. The van der Waals surface area contributed by atoms with Gasteiger partial charge in [-0.1, -0.05) is 36.4 Å². The SMILES string of the molecule is O=S(=O)(NCCOc1cccc2ccccc12)N1CC2CCC1C2. The van der Waals surface area contributed by atoms with Crippen LogP contribution in [0.1, 0.15) is 19.3 Å². The first-order chi connectivity index (χ1) is 11.6. The molecule has 2 fully saturated rings. The molecule has 1 saturated carbocycles. The minimum absolute atomic E-state index is 0.200. The van der Waals surface area contributed by atoms with E-state index in [1.165, 1.54) is 6.42 Å². The Labute approximate surface area is 142 Å². The van der Waals surface area contributed by atoms with Gasteiger partial charge in [0.15, 0.2) is 0 Å². The van der Waals surface area contributed by atoms with E-state index in [9.17, 15) is 8.42 Å². The molecule has 1 N–H and O–H groups in total. The first kappa shape index (κ1) is 15.9. The predicted octanol–water partition coefficient (Wildman–Crippen LogP) is 2.54. The lowest BCUT2D eigenvalue weighted by atomic mass is 10.1. The van der Waals surface area contributed by atoms with Crippen LogP contribution in [-0.4, -0.2) is 38.5 Å². The Kier molecular flexibility index (Phi) is 4.20. The molecule has 0 radical (unpaired) electrons. The third-order valence-corrected chi connectivity index (χ3v) is 6.70. The van der Waals surface area contributed by atoms with Crippen molar-refractivity contribution in [1.29, 1.82) is 0 Å². The number of benzene rings is 2. The van der Waals surface area contributed by atoms with Gasteiger partial charge >= 0.3 is 0 Å². The molecule has 1 aliphatic heterocycles. The fraction of sp³-hybridized carbons (Fsp3) is 0.444. The Morgan fingerprint density at radius 3 is 2.75 bits per heavy atom. The molecular formula is C18H22N2O3S. The second-order valence-electron chi connectivity index (χ2n) is 6.63. The Morgan fingerprint density at radius 1 is 1.12 bits per heavy atom. The van der Waals surface area contributed by atoms with Gasteiger partial charge in [-0.25, -0.2) is 0 Å². The van der Waals surface area contributed by atoms with Gasteiger partial charge in [0.2, 0.25) is 0 Å². The quantitative estimate of drug-likeness (QED) is 0.818. The van der Waals surface area contributed by atoms with Crippen LogP contribution in [0.2, 0.25) is 0 Å². The fourth-order valence-corrected chi connectivity index (χ4v) is 5.41. The van der Waals surface area contributed by atoms with E-state index >= 15 is 0 Å². The van der Waals surface area contributed by atoms with Crippen LogP contribution >= 0.6 is 0 Å². The van der Waals surface area contributed by atoms with Gasteiger partial charge in [-0.05, 0) is 36.6 Å². The molecule has 0 aromatic heterocycles. The molecule has 2 aromatic carbocycles. The van der Waals surface area contributed by atoms with Crippen LogP contribution in [0, 0.1) is 5.92 Å². The number of rotatable bonds is 6. The molecule has 0 spiro atoms. The van der Waals surface area contributed by atoms with Crippen molar-refractivity contribution in [2.75, 3.05) is 19.7 Å². The number of fused-ring (bicyclic) bond motifs is 3. The summed E-state index contributed by atoms with van der Waals surface area (Å²) in [6.07, 6.45) is 3.19. The fourth-order valence-electron chi connectivity index (χ4n) is 3.91. The summed E-state index contributed by atoms with van der Waals surface area (Å²) in [5, 5.41) is 2.16. The van der Waals surface area contributed by atoms with Crippen molar-refractivity contribution >= 4 is 21.0 Å². The van der Waals surface area contributed by atoms with Gasteiger partial charge in [0.1, 0.15) is 12.4 Å². The topological polar surface area (TPSA) is 58.6 Å². The lowest BCUT2D eigenvalue weighted by Gasteiger charge is -2.26. The number of hydrogen-bond donors (Lipinski definition) is 1. The summed E-state index contributed by atoms with van der Waals surface area (Å²) >= 11 is 0. The standard InChI is InChI=1S/C18H22N2O3S/c21-24(22,20-13-14-8-9-16(20)12-14)19-10-11-23-18-7-3-5-15-4-1-2-6-17(15)18/h1-7,14,16,19H,8-13H2. The summed E-state index contributed by atoms with van der Waals surface area (Å²) in [6, 6.07) is 14.1. The van der Waals surface area contributed by atoms with E-state index in [0.29, 0.717) is 19.1 Å². The predicted molar refractivity (Wildman–Crippen MR) is 94.2 cm³/mol. The summed E-state index contributed by atoms with van der Waals surface area (Å²) in [7, 11) is -3.38. The van der Waals surface area contributed by atoms with E-state index in [1.54, 1.807) is 4.31 Å². The van der Waals surface area contributed by atoms with Crippen LogP contribution in [0.4, 0.5) is 0 Å². The Hall–Kier alpha value is -1.63. The van der Waals surface area contributed by atoms with Crippen LogP contribution in [0.15, 0.2) is 42.5 Å². The molecule has 128 valence electrons. The minimum atomic E-state index is -3.38. The summed E-state index contributed by atoms with van der Waals surface area (Å²) in [4.78, 5) is 0. The number of ether oxygens (including phenoxy) is 1. The first-order valence-electron chi connectivity index (χ1n) is 8.50. The largest absolute Gasteiger partial charge is 0.492 e. The number of hydrogen-bond acceptors (Lipinski definition) is 3. The van der Waals surface area contributed by atoms with Gasteiger partial charge in [-0.3, -0.25) is 0 Å². The summed E-state index contributed by atoms with van der Waals surface area (Å²) < 4.78 is 34.9. The van der Waals surface area contributed by atoms with E-state index < -0.39 is 10.2 Å². The third-order valence-electron chi connectivity index (χ3n) is 5.06. The van der Waals surface area contributed by atoms with Crippen LogP contribution in [0.3, 0.4) is 0 Å². The van der Waals surface area contributed by atoms with Gasteiger partial charge in [-0.2, -0.15) is 17.4 Å². The van der Waals surface area contributed by atoms with E-state index in [4.69, 9.17) is 4.74 Å². The number of piperidine rings is 1. The average molecular weight is 346 g/mol. The Morgan fingerprint density at radius 2 is 1.96 bits per heavy atom. The molecule has 2 unspecified atom stereocenters. The van der Waals surface area contributed by atoms with Gasteiger partial charge in [0, 0.05) is 24.5 Å². The monoisotopic (exact) mass is 346 g/mol. The molecule has 1 aliphatic carbocycles. The zero-order valence-corrected chi connectivity index (χ0v) is 14.3. The highest BCUT2D eigenvalue weighted by Gasteiger charge is 2.43. The van der Waals surface area contributed by atoms with Crippen LogP contribution in [0.25, 0.3) is 10.8 Å². The highest BCUT2D eigenvalue weighted by molar-refractivity contribution is 7.87. The van der Waals surface area contributed by atoms with Crippen LogP contribution in [-0.2, 0) is 10.2 Å². The van der Waals surface area contributed by atoms with E-state index in [2.05, 4.69) is 4.72 Å². The van der Waals surface area contributed by atoms with Crippen molar-refractivity contribution in [1.82, 2.24) is 9.03 Å². The normalized spacial score (nSPS) is 23.8. The van der Waals surface area contributed by atoms with Gasteiger partial charge < -0.3 is 4.74 Å². The lowest BCUT2D eigenvalue weighted by Crippen LogP contribution is -2.45. The van der Waals surface area contributed by atoms with Crippen molar-refractivity contribution in [3.8, 4) is 5.75 Å². The maximum absolute atomic E-state index is 12.4. The first-order valence-corrected chi connectivity index (χ1v) is 9.94. The van der Waals surface area contributed by atoms with Crippen LogP contribution in [0.5, 0.6) is 5.75 Å². The van der Waals surface area contributed by atoms with Gasteiger partial charge in [-0.15, -0.1) is 0 Å². The minimum Gasteiger partial charge on any atom is -0.492 e. The molecule has 0 amide bonds. The zero-order valence-electron chi connectivity index (χ0n) is 13.5. The highest BCUT2D eigenvalue weighted by atomic mass is 32.2. The summed E-state index contributed by atoms with van der Waals surface area (Å²) in [5.74, 6) is 1.34. The molecule has 2 aliphatic rings. The summed E-state index contributed by atoms with van der Waals surface area (Å²) in [6.45, 7) is 1.26. The second kappa shape index (κ2) is 6.35. The molecule has 1 saturated heterocycles. The smallest absolute Gasteiger partial charge is 0.279 e. The van der Waals surface area contributed by atoms with E-state index in [1.807, 2.05) is 42.5 Å². The molecule has 1 heterocycles. The van der Waals surface area contributed by atoms with E-state index in [-0.39, 0.29) is 12.6 Å². The molecule has 4 rings (SSSR count). The second-order valence-corrected chi connectivity index (χ2v) is 8.34. The molecule has 6 heteroatoms. The Balaban J connectivity index is 1.34. The molecule has 2 bridgehead atoms. The van der Waals surface area contributed by atoms with E-state index in [0.717, 1.165) is 29.4 Å². The molecule has 24 heavy (non-hydrogen) atoms. The maximum atomic E-state index is 12.4. The zero-order chi connectivity index (χ0) is 16.6.